The number of hydrogen-bond acceptors (Lipinski definition) is 4. The summed E-state index contributed by atoms with van der Waals surface area (Å²) in [6.07, 6.45) is 2.99. The van der Waals surface area contributed by atoms with E-state index in [-0.39, 0.29) is 0 Å². The Hall–Kier alpha value is -1.20. The number of nitrogens with one attached hydrogen (secondary N) is 1. The molecule has 2 aromatic heterocycles. The van der Waals surface area contributed by atoms with Crippen LogP contribution < -0.4 is 5.32 Å². The van der Waals surface area contributed by atoms with E-state index < -0.39 is 0 Å². The normalized spacial score (nSPS) is 20.9. The molecule has 3 rings (SSSR count). The topological polar surface area (TPSA) is 42.7 Å². The average molecular weight is 220 g/mol. The predicted octanol–water partition coefficient (Wildman–Crippen LogP) is 1.54. The summed E-state index contributed by atoms with van der Waals surface area (Å²) in [7, 11) is 0. The van der Waals surface area contributed by atoms with Crippen LogP contribution in [0.15, 0.2) is 23.7 Å². The molecule has 1 unspecified atom stereocenters. The zero-order valence-corrected chi connectivity index (χ0v) is 9.07. The van der Waals surface area contributed by atoms with Crippen LogP contribution in [0.3, 0.4) is 0 Å². The monoisotopic (exact) mass is 220 g/mol. The zero-order valence-electron chi connectivity index (χ0n) is 8.26. The molecule has 0 spiro atoms. The molecule has 1 atom stereocenters. The van der Waals surface area contributed by atoms with Gasteiger partial charge in [-0.2, -0.15) is 0 Å². The van der Waals surface area contributed by atoms with Gasteiger partial charge in [-0.1, -0.05) is 11.3 Å². The van der Waals surface area contributed by atoms with Crippen molar-refractivity contribution in [2.24, 2.45) is 0 Å². The standard InChI is InChI=1S/C10H12N4S/c1-2-10(15-5-1)9-7-12-13-14(9)8-3-4-11-6-8/h1-2,5,7-8,11H,3-4,6H2. The second-order valence-corrected chi connectivity index (χ2v) is 4.64. The lowest BCUT2D eigenvalue weighted by molar-refractivity contribution is 0.481. The smallest absolute Gasteiger partial charge is 0.0989 e. The summed E-state index contributed by atoms with van der Waals surface area (Å²) in [5, 5.41) is 13.6. The van der Waals surface area contributed by atoms with Crippen LogP contribution in [0.5, 0.6) is 0 Å². The number of thiophene rings is 1. The van der Waals surface area contributed by atoms with Gasteiger partial charge in [0.25, 0.3) is 0 Å². The van der Waals surface area contributed by atoms with Crippen LogP contribution in [0.4, 0.5) is 0 Å². The molecule has 0 bridgehead atoms. The highest BCUT2D eigenvalue weighted by Crippen LogP contribution is 2.27. The van der Waals surface area contributed by atoms with Crippen LogP contribution in [0, 0.1) is 0 Å². The number of rotatable bonds is 2. The van der Waals surface area contributed by atoms with E-state index in [1.165, 1.54) is 4.88 Å². The molecule has 1 saturated heterocycles. The lowest BCUT2D eigenvalue weighted by Gasteiger charge is -2.10. The maximum absolute atomic E-state index is 4.19. The molecule has 2 aromatic rings. The third-order valence-electron chi connectivity index (χ3n) is 2.73. The van der Waals surface area contributed by atoms with Gasteiger partial charge in [0.1, 0.15) is 0 Å². The van der Waals surface area contributed by atoms with Crippen LogP contribution in [-0.4, -0.2) is 28.1 Å². The predicted molar refractivity (Wildman–Crippen MR) is 59.9 cm³/mol. The van der Waals surface area contributed by atoms with Crippen molar-refractivity contribution in [2.45, 2.75) is 12.5 Å². The summed E-state index contributed by atoms with van der Waals surface area (Å²) in [5.74, 6) is 0. The van der Waals surface area contributed by atoms with E-state index in [9.17, 15) is 0 Å². The van der Waals surface area contributed by atoms with Crippen LogP contribution in [0.1, 0.15) is 12.5 Å². The minimum Gasteiger partial charge on any atom is -0.315 e. The molecular formula is C10H12N4S. The fourth-order valence-corrected chi connectivity index (χ4v) is 2.69. The Morgan fingerprint density at radius 2 is 2.53 bits per heavy atom. The first kappa shape index (κ1) is 9.06. The van der Waals surface area contributed by atoms with Crippen molar-refractivity contribution in [3.05, 3.63) is 23.7 Å². The van der Waals surface area contributed by atoms with Crippen molar-refractivity contribution in [1.29, 1.82) is 0 Å². The molecular weight excluding hydrogens is 208 g/mol. The van der Waals surface area contributed by atoms with Gasteiger partial charge in [-0.05, 0) is 24.4 Å². The average Bonchev–Trinajstić information content (AvgIpc) is 3.01. The fourth-order valence-electron chi connectivity index (χ4n) is 1.96. The van der Waals surface area contributed by atoms with Crippen molar-refractivity contribution in [2.75, 3.05) is 13.1 Å². The Morgan fingerprint density at radius 1 is 1.53 bits per heavy atom. The number of hydrogen-bond donors (Lipinski definition) is 1. The molecule has 15 heavy (non-hydrogen) atoms. The van der Waals surface area contributed by atoms with Gasteiger partial charge in [-0.3, -0.25) is 0 Å². The second-order valence-electron chi connectivity index (χ2n) is 3.69. The van der Waals surface area contributed by atoms with E-state index >= 15 is 0 Å². The SMILES string of the molecule is c1csc(-c2cnnn2C2CCNC2)c1. The Balaban J connectivity index is 1.98. The van der Waals surface area contributed by atoms with Crippen LogP contribution in [0.25, 0.3) is 10.6 Å². The lowest BCUT2D eigenvalue weighted by atomic mass is 10.2. The second kappa shape index (κ2) is 3.75. The fraction of sp³-hybridized carbons (Fsp3) is 0.400. The van der Waals surface area contributed by atoms with Gasteiger partial charge in [0.2, 0.25) is 0 Å². The molecule has 1 aliphatic rings. The third-order valence-corrected chi connectivity index (χ3v) is 3.62. The summed E-state index contributed by atoms with van der Waals surface area (Å²) in [6.45, 7) is 2.08. The molecule has 0 radical (unpaired) electrons. The van der Waals surface area contributed by atoms with Crippen LogP contribution >= 0.6 is 11.3 Å². The van der Waals surface area contributed by atoms with Crippen molar-refractivity contribution in [3.8, 4) is 10.6 Å². The Kier molecular flexibility index (Phi) is 2.26. The molecule has 1 aliphatic heterocycles. The minimum absolute atomic E-state index is 0.463. The van der Waals surface area contributed by atoms with Gasteiger partial charge in [-0.15, -0.1) is 16.4 Å². The van der Waals surface area contributed by atoms with E-state index in [1.807, 2.05) is 10.9 Å². The van der Waals surface area contributed by atoms with E-state index in [2.05, 4.69) is 33.1 Å². The van der Waals surface area contributed by atoms with E-state index in [0.717, 1.165) is 25.2 Å². The highest BCUT2D eigenvalue weighted by atomic mass is 32.1. The van der Waals surface area contributed by atoms with Gasteiger partial charge in [-0.25, -0.2) is 4.68 Å². The summed E-state index contributed by atoms with van der Waals surface area (Å²) in [6, 6.07) is 4.64. The highest BCUT2D eigenvalue weighted by molar-refractivity contribution is 7.13. The number of aromatic nitrogens is 3. The molecule has 0 saturated carbocycles. The maximum Gasteiger partial charge on any atom is 0.0989 e. The molecule has 1 fully saturated rings. The van der Waals surface area contributed by atoms with Crippen molar-refractivity contribution >= 4 is 11.3 Å². The first-order chi connectivity index (χ1) is 7.45. The van der Waals surface area contributed by atoms with Gasteiger partial charge in [0.15, 0.2) is 0 Å². The van der Waals surface area contributed by atoms with Crippen LogP contribution in [-0.2, 0) is 0 Å². The summed E-state index contributed by atoms with van der Waals surface area (Å²) >= 11 is 1.73. The Morgan fingerprint density at radius 3 is 3.27 bits per heavy atom. The largest absolute Gasteiger partial charge is 0.315 e. The van der Waals surface area contributed by atoms with Gasteiger partial charge >= 0.3 is 0 Å². The van der Waals surface area contributed by atoms with Gasteiger partial charge in [0, 0.05) is 6.54 Å². The van der Waals surface area contributed by atoms with Gasteiger partial charge in [0.05, 0.1) is 22.8 Å². The molecule has 4 nitrogen and oxygen atoms in total. The first-order valence-electron chi connectivity index (χ1n) is 5.10. The van der Waals surface area contributed by atoms with Crippen LogP contribution in [0.2, 0.25) is 0 Å². The van der Waals surface area contributed by atoms with Crippen molar-refractivity contribution in [3.63, 3.8) is 0 Å². The minimum atomic E-state index is 0.463. The molecule has 0 aromatic carbocycles. The number of nitrogens with zero attached hydrogens (tertiary/aromatic N) is 3. The molecule has 1 N–H and O–H groups in total. The third kappa shape index (κ3) is 1.57. The summed E-state index contributed by atoms with van der Waals surface area (Å²) < 4.78 is 2.05. The molecule has 78 valence electrons. The Bertz CT molecular complexity index is 428. The van der Waals surface area contributed by atoms with E-state index in [1.54, 1.807) is 11.3 Å². The summed E-state index contributed by atoms with van der Waals surface area (Å²) in [5.41, 5.74) is 1.14. The molecule has 0 amide bonds. The highest BCUT2D eigenvalue weighted by Gasteiger charge is 2.20. The maximum atomic E-state index is 4.19. The summed E-state index contributed by atoms with van der Waals surface area (Å²) in [4.78, 5) is 1.24. The molecule has 0 aliphatic carbocycles. The molecule has 3 heterocycles. The van der Waals surface area contributed by atoms with Crippen molar-refractivity contribution in [1.82, 2.24) is 20.3 Å². The van der Waals surface area contributed by atoms with Crippen molar-refractivity contribution < 1.29 is 0 Å². The first-order valence-corrected chi connectivity index (χ1v) is 5.98. The zero-order chi connectivity index (χ0) is 10.1. The molecule has 5 heteroatoms. The van der Waals surface area contributed by atoms with E-state index in [4.69, 9.17) is 0 Å². The van der Waals surface area contributed by atoms with E-state index in [0.29, 0.717) is 6.04 Å². The Labute approximate surface area is 91.9 Å². The lowest BCUT2D eigenvalue weighted by Crippen LogP contribution is -2.15. The quantitative estimate of drug-likeness (QED) is 0.835. The van der Waals surface area contributed by atoms with Gasteiger partial charge < -0.3 is 5.32 Å².